The summed E-state index contributed by atoms with van der Waals surface area (Å²) in [5.41, 5.74) is 0.331. The molecule has 164 valence electrons. The van der Waals surface area contributed by atoms with Gasteiger partial charge in [-0.3, -0.25) is 0 Å². The molecule has 3 fully saturated rings. The van der Waals surface area contributed by atoms with E-state index in [4.69, 9.17) is 0 Å². The maximum Gasteiger partial charge on any atom is 0.0606 e. The zero-order valence-corrected chi connectivity index (χ0v) is 19.6. The van der Waals surface area contributed by atoms with Crippen molar-refractivity contribution in [3.05, 3.63) is 0 Å². The summed E-state index contributed by atoms with van der Waals surface area (Å²) in [6.07, 6.45) is 12.8. The molecule has 0 aromatic rings. The third kappa shape index (κ3) is 3.39. The van der Waals surface area contributed by atoms with Crippen LogP contribution in [-0.2, 0) is 0 Å². The summed E-state index contributed by atoms with van der Waals surface area (Å²) in [5.74, 6) is 2.13. The van der Waals surface area contributed by atoms with E-state index in [-0.39, 0.29) is 28.5 Å². The molecule has 0 spiro atoms. The van der Waals surface area contributed by atoms with Crippen molar-refractivity contribution in [3.63, 3.8) is 0 Å². The Kier molecular flexibility index (Phi) is 6.63. The van der Waals surface area contributed by atoms with Gasteiger partial charge in [0.05, 0.1) is 12.2 Å². The van der Waals surface area contributed by atoms with Crippen LogP contribution in [0.5, 0.6) is 0 Å². The molecule has 3 aliphatic rings. The Hall–Kier alpha value is -0.0800. The second-order valence-electron chi connectivity index (χ2n) is 12.0. The predicted octanol–water partition coefficient (Wildman–Crippen LogP) is 6.58. The van der Waals surface area contributed by atoms with Crippen LogP contribution in [0.2, 0.25) is 0 Å². The number of aliphatic hydroxyl groups is 2. The summed E-state index contributed by atoms with van der Waals surface area (Å²) in [6, 6.07) is 0. The van der Waals surface area contributed by atoms with Crippen LogP contribution >= 0.6 is 0 Å². The molecule has 0 bridgehead atoms. The number of rotatable bonds is 4. The lowest BCUT2D eigenvalue weighted by Crippen LogP contribution is -2.64. The van der Waals surface area contributed by atoms with Gasteiger partial charge in [0.25, 0.3) is 0 Å². The molecular formula is C26H48O2. The van der Waals surface area contributed by atoms with Crippen LogP contribution in [0.4, 0.5) is 0 Å². The molecule has 0 aliphatic heterocycles. The quantitative estimate of drug-likeness (QED) is 0.567. The lowest BCUT2D eigenvalue weighted by Gasteiger charge is -2.68. The van der Waals surface area contributed by atoms with Crippen molar-refractivity contribution >= 4 is 0 Å². The first-order chi connectivity index (χ1) is 13.1. The maximum absolute atomic E-state index is 11.7. The molecule has 0 radical (unpaired) electrons. The molecule has 0 heterocycles. The molecule has 2 N–H and O–H groups in total. The zero-order valence-electron chi connectivity index (χ0n) is 19.6. The van der Waals surface area contributed by atoms with Crippen molar-refractivity contribution in [1.29, 1.82) is 0 Å². The lowest BCUT2D eigenvalue weighted by molar-refractivity contribution is -0.226. The van der Waals surface area contributed by atoms with E-state index in [9.17, 15) is 10.2 Å². The summed E-state index contributed by atoms with van der Waals surface area (Å²) in [5, 5.41) is 22.9. The van der Waals surface area contributed by atoms with E-state index in [1.54, 1.807) is 0 Å². The van der Waals surface area contributed by atoms with Crippen molar-refractivity contribution in [2.24, 2.45) is 39.9 Å². The van der Waals surface area contributed by atoms with Gasteiger partial charge < -0.3 is 10.2 Å². The average Bonchev–Trinajstić information content (AvgIpc) is 2.61. The van der Waals surface area contributed by atoms with Gasteiger partial charge in [0.2, 0.25) is 0 Å². The number of hydrogen-bond acceptors (Lipinski definition) is 2. The van der Waals surface area contributed by atoms with Crippen LogP contribution in [0.1, 0.15) is 112 Å². The first-order valence-corrected chi connectivity index (χ1v) is 12.5. The molecule has 3 saturated carbocycles. The highest BCUT2D eigenvalue weighted by atomic mass is 16.3. The summed E-state index contributed by atoms with van der Waals surface area (Å²) < 4.78 is 0. The lowest BCUT2D eigenvalue weighted by atomic mass is 9.37. The summed E-state index contributed by atoms with van der Waals surface area (Å²) in [4.78, 5) is 0. The van der Waals surface area contributed by atoms with Crippen LogP contribution in [-0.4, -0.2) is 22.4 Å². The van der Waals surface area contributed by atoms with Crippen LogP contribution in [0.25, 0.3) is 0 Å². The highest BCUT2D eigenvalue weighted by Crippen LogP contribution is 2.70. The number of aliphatic hydroxyl groups excluding tert-OH is 2. The van der Waals surface area contributed by atoms with Crippen LogP contribution < -0.4 is 0 Å². The maximum atomic E-state index is 11.7. The second-order valence-corrected chi connectivity index (χ2v) is 12.0. The molecule has 3 aliphatic carbocycles. The fraction of sp³-hybridized carbons (Fsp3) is 1.00. The predicted molar refractivity (Wildman–Crippen MR) is 118 cm³/mol. The smallest absolute Gasteiger partial charge is 0.0606 e. The molecule has 0 saturated heterocycles. The van der Waals surface area contributed by atoms with Crippen molar-refractivity contribution in [2.45, 2.75) is 124 Å². The Morgan fingerprint density at radius 2 is 1.50 bits per heavy atom. The van der Waals surface area contributed by atoms with E-state index in [0.717, 1.165) is 19.3 Å². The van der Waals surface area contributed by atoms with Gasteiger partial charge in [-0.1, -0.05) is 60.8 Å². The Bertz CT molecular complexity index is 521. The van der Waals surface area contributed by atoms with Crippen molar-refractivity contribution in [1.82, 2.24) is 0 Å². The molecule has 28 heavy (non-hydrogen) atoms. The third-order valence-electron chi connectivity index (χ3n) is 10.1. The zero-order chi connectivity index (χ0) is 20.7. The molecule has 0 amide bonds. The Balaban J connectivity index is 2.05. The highest BCUT2D eigenvalue weighted by molar-refractivity contribution is 5.14. The Morgan fingerprint density at radius 1 is 0.857 bits per heavy atom. The van der Waals surface area contributed by atoms with Gasteiger partial charge in [-0.15, -0.1) is 0 Å². The fourth-order valence-corrected chi connectivity index (χ4v) is 8.54. The Morgan fingerprint density at radius 3 is 2.00 bits per heavy atom. The van der Waals surface area contributed by atoms with E-state index in [1.807, 2.05) is 0 Å². The van der Waals surface area contributed by atoms with Gasteiger partial charge in [0.15, 0.2) is 0 Å². The molecule has 6 unspecified atom stereocenters. The summed E-state index contributed by atoms with van der Waals surface area (Å²) >= 11 is 0. The molecule has 3 rings (SSSR count). The molecule has 6 atom stereocenters. The van der Waals surface area contributed by atoms with Crippen LogP contribution in [0, 0.1) is 39.9 Å². The first-order valence-electron chi connectivity index (χ1n) is 12.5. The van der Waals surface area contributed by atoms with Crippen LogP contribution in [0.3, 0.4) is 0 Å². The standard InChI is InChI=1S/C26H48O2/c1-18(2)21-11-14-24(6,17-22(21)27)25(12-8-7-9-13-25)26(19(3)4)15-10-20(5)16-23(26)28/h18-23,27-28H,7-17H2,1-6H3. The molecule has 0 aromatic carbocycles. The number of hydrogen-bond donors (Lipinski definition) is 2. The molecular weight excluding hydrogens is 344 g/mol. The molecule has 0 aromatic heterocycles. The van der Waals surface area contributed by atoms with E-state index in [2.05, 4.69) is 41.5 Å². The van der Waals surface area contributed by atoms with Gasteiger partial charge in [-0.05, 0) is 85.9 Å². The third-order valence-corrected chi connectivity index (χ3v) is 10.1. The minimum atomic E-state index is -0.189. The topological polar surface area (TPSA) is 40.5 Å². The monoisotopic (exact) mass is 392 g/mol. The van der Waals surface area contributed by atoms with Gasteiger partial charge in [-0.25, -0.2) is 0 Å². The van der Waals surface area contributed by atoms with E-state index < -0.39 is 0 Å². The van der Waals surface area contributed by atoms with E-state index in [1.165, 1.54) is 51.4 Å². The molecule has 2 nitrogen and oxygen atoms in total. The second kappa shape index (κ2) is 8.22. The van der Waals surface area contributed by atoms with Gasteiger partial charge >= 0.3 is 0 Å². The van der Waals surface area contributed by atoms with Crippen LogP contribution in [0.15, 0.2) is 0 Å². The molecule has 2 heteroatoms. The van der Waals surface area contributed by atoms with Crippen molar-refractivity contribution < 1.29 is 10.2 Å². The van der Waals surface area contributed by atoms with E-state index in [0.29, 0.717) is 23.7 Å². The van der Waals surface area contributed by atoms with Gasteiger partial charge in [0, 0.05) is 5.41 Å². The van der Waals surface area contributed by atoms with Gasteiger partial charge in [-0.2, -0.15) is 0 Å². The summed E-state index contributed by atoms with van der Waals surface area (Å²) in [7, 11) is 0. The Labute approximate surface area is 174 Å². The average molecular weight is 393 g/mol. The van der Waals surface area contributed by atoms with Crippen molar-refractivity contribution in [3.8, 4) is 0 Å². The SMILES string of the molecule is CC1CCC(C(C)C)(C2(C3(C)CCC(C(C)C)C(O)C3)CCCCC2)C(O)C1. The minimum Gasteiger partial charge on any atom is -0.393 e. The minimum absolute atomic E-state index is 0.0130. The normalized spacial score (nSPS) is 44.8. The van der Waals surface area contributed by atoms with Crippen molar-refractivity contribution in [2.75, 3.05) is 0 Å². The first kappa shape index (κ1) is 22.6. The fourth-order valence-electron chi connectivity index (χ4n) is 8.54. The van der Waals surface area contributed by atoms with E-state index >= 15 is 0 Å². The van der Waals surface area contributed by atoms with Gasteiger partial charge in [0.1, 0.15) is 0 Å². The largest absolute Gasteiger partial charge is 0.393 e. The highest BCUT2D eigenvalue weighted by Gasteiger charge is 2.65. The summed E-state index contributed by atoms with van der Waals surface area (Å²) in [6.45, 7) is 14.1.